The average molecular weight is 252 g/mol. The number of carbonyl (C=O) groups excluding carboxylic acids is 1. The van der Waals surface area contributed by atoms with Crippen LogP contribution in [0.2, 0.25) is 0 Å². The smallest absolute Gasteiger partial charge is 0.303 e. The van der Waals surface area contributed by atoms with Crippen LogP contribution in [0.3, 0.4) is 0 Å². The van der Waals surface area contributed by atoms with Crippen molar-refractivity contribution in [3.8, 4) is 0 Å². The molecule has 0 radical (unpaired) electrons. The van der Waals surface area contributed by atoms with Gasteiger partial charge >= 0.3 is 5.97 Å². The number of allylic oxidation sites excluding steroid dienone is 1. The van der Waals surface area contributed by atoms with Gasteiger partial charge in [0.25, 0.3) is 0 Å². The number of nitrogens with zero attached hydrogens (tertiary/aromatic N) is 2. The lowest BCUT2D eigenvalue weighted by atomic mass is 10.0. The van der Waals surface area contributed by atoms with Crippen molar-refractivity contribution in [1.82, 2.24) is 10.0 Å². The third-order valence-corrected chi connectivity index (χ3v) is 3.74. The van der Waals surface area contributed by atoms with E-state index in [4.69, 9.17) is 4.74 Å². The Kier molecular flexibility index (Phi) is 4.64. The van der Waals surface area contributed by atoms with Crippen LogP contribution in [0, 0.1) is 0 Å². The van der Waals surface area contributed by atoms with Crippen LogP contribution in [0.25, 0.3) is 0 Å². The summed E-state index contributed by atoms with van der Waals surface area (Å²) in [7, 11) is 0. The molecule has 0 aliphatic carbocycles. The molecule has 0 amide bonds. The van der Waals surface area contributed by atoms with Crippen LogP contribution in [0.15, 0.2) is 11.8 Å². The molecule has 2 aliphatic rings. The summed E-state index contributed by atoms with van der Waals surface area (Å²) in [5, 5.41) is 4.77. The Morgan fingerprint density at radius 2 is 1.94 bits per heavy atom. The first-order valence-corrected chi connectivity index (χ1v) is 7.08. The van der Waals surface area contributed by atoms with Gasteiger partial charge in [-0.1, -0.05) is 12.5 Å². The van der Waals surface area contributed by atoms with E-state index in [1.54, 1.807) is 0 Å². The van der Waals surface area contributed by atoms with Crippen LogP contribution in [-0.2, 0) is 9.53 Å². The molecule has 0 N–H and O–H groups in total. The molecule has 2 fully saturated rings. The normalized spacial score (nSPS) is 28.4. The average Bonchev–Trinajstić information content (AvgIpc) is 2.39. The maximum atomic E-state index is 11.2. The van der Waals surface area contributed by atoms with E-state index in [9.17, 15) is 4.79 Å². The maximum Gasteiger partial charge on any atom is 0.303 e. The molecular formula is C14H24N2O2. The second-order valence-corrected chi connectivity index (χ2v) is 5.09. The Hall–Kier alpha value is -1.03. The fraction of sp³-hybridized carbons (Fsp3) is 0.786. The molecule has 2 aliphatic heterocycles. The van der Waals surface area contributed by atoms with Crippen molar-refractivity contribution in [3.63, 3.8) is 0 Å². The van der Waals surface area contributed by atoms with Crippen molar-refractivity contribution in [3.05, 3.63) is 11.8 Å². The molecule has 2 saturated heterocycles. The van der Waals surface area contributed by atoms with Crippen molar-refractivity contribution < 1.29 is 9.53 Å². The van der Waals surface area contributed by atoms with Crippen LogP contribution in [-0.4, -0.2) is 41.7 Å². The highest BCUT2D eigenvalue weighted by Crippen LogP contribution is 2.27. The molecule has 0 aromatic carbocycles. The minimum absolute atomic E-state index is 0.0526. The first-order chi connectivity index (χ1) is 8.72. The second kappa shape index (κ2) is 6.23. The summed E-state index contributed by atoms with van der Waals surface area (Å²) in [6.07, 6.45) is 7.96. The second-order valence-electron chi connectivity index (χ2n) is 5.09. The Morgan fingerprint density at radius 3 is 2.56 bits per heavy atom. The van der Waals surface area contributed by atoms with Gasteiger partial charge in [-0.3, -0.25) is 4.79 Å². The van der Waals surface area contributed by atoms with Gasteiger partial charge < -0.3 is 9.75 Å². The van der Waals surface area contributed by atoms with Crippen LogP contribution in [0.1, 0.15) is 46.0 Å². The SMILES string of the molecule is C/C=C1\C(OC(C)=O)CCCN1N1CCCCC1. The molecule has 0 aromatic heterocycles. The molecule has 2 heterocycles. The van der Waals surface area contributed by atoms with Gasteiger partial charge in [-0.25, -0.2) is 5.01 Å². The highest BCUT2D eigenvalue weighted by molar-refractivity contribution is 5.66. The third-order valence-electron chi connectivity index (χ3n) is 3.74. The van der Waals surface area contributed by atoms with E-state index in [-0.39, 0.29) is 12.1 Å². The molecule has 0 saturated carbocycles. The Labute approximate surface area is 110 Å². The lowest BCUT2D eigenvalue weighted by Crippen LogP contribution is -2.50. The molecule has 1 unspecified atom stereocenters. The molecular weight excluding hydrogens is 228 g/mol. The van der Waals surface area contributed by atoms with E-state index in [1.807, 2.05) is 6.92 Å². The summed E-state index contributed by atoms with van der Waals surface area (Å²) in [5.41, 5.74) is 1.17. The monoisotopic (exact) mass is 252 g/mol. The molecule has 0 aromatic rings. The number of esters is 1. The third kappa shape index (κ3) is 3.05. The Morgan fingerprint density at radius 1 is 1.22 bits per heavy atom. The highest BCUT2D eigenvalue weighted by Gasteiger charge is 2.30. The van der Waals surface area contributed by atoms with Gasteiger partial charge in [0.1, 0.15) is 6.10 Å². The highest BCUT2D eigenvalue weighted by atomic mass is 16.5. The van der Waals surface area contributed by atoms with Gasteiger partial charge in [0.15, 0.2) is 0 Å². The molecule has 18 heavy (non-hydrogen) atoms. The van der Waals surface area contributed by atoms with Gasteiger partial charge in [0.05, 0.1) is 5.70 Å². The minimum atomic E-state index is -0.181. The van der Waals surface area contributed by atoms with Gasteiger partial charge in [-0.05, 0) is 32.6 Å². The van der Waals surface area contributed by atoms with Crippen LogP contribution < -0.4 is 0 Å². The maximum absolute atomic E-state index is 11.2. The topological polar surface area (TPSA) is 32.8 Å². The zero-order chi connectivity index (χ0) is 13.0. The molecule has 0 bridgehead atoms. The molecule has 102 valence electrons. The van der Waals surface area contributed by atoms with Crippen molar-refractivity contribution in [2.75, 3.05) is 19.6 Å². The summed E-state index contributed by atoms with van der Waals surface area (Å²) in [6.45, 7) is 6.84. The van der Waals surface area contributed by atoms with Crippen LogP contribution in [0.4, 0.5) is 0 Å². The standard InChI is InChI=1S/C14H24N2O2/c1-3-13-14(18-12(2)17)8-7-11-16(13)15-9-5-4-6-10-15/h3,14H,4-11H2,1-2H3/b13-3+. The van der Waals surface area contributed by atoms with Crippen LogP contribution in [0.5, 0.6) is 0 Å². The molecule has 4 nitrogen and oxygen atoms in total. The molecule has 4 heteroatoms. The quantitative estimate of drug-likeness (QED) is 0.706. The number of ether oxygens (including phenoxy) is 1. The van der Waals surface area contributed by atoms with E-state index in [2.05, 4.69) is 16.1 Å². The van der Waals surface area contributed by atoms with Gasteiger partial charge in [-0.2, -0.15) is 0 Å². The summed E-state index contributed by atoms with van der Waals surface area (Å²) < 4.78 is 5.44. The van der Waals surface area contributed by atoms with Crippen molar-refractivity contribution in [2.45, 2.75) is 52.1 Å². The number of piperidine rings is 2. The lowest BCUT2D eigenvalue weighted by molar-refractivity contribution is -0.149. The zero-order valence-corrected chi connectivity index (χ0v) is 11.5. The summed E-state index contributed by atoms with van der Waals surface area (Å²) in [5.74, 6) is -0.181. The zero-order valence-electron chi connectivity index (χ0n) is 11.5. The number of carbonyl (C=O) groups is 1. The van der Waals surface area contributed by atoms with Crippen LogP contribution >= 0.6 is 0 Å². The number of hydrogen-bond donors (Lipinski definition) is 0. The number of hydrogen-bond acceptors (Lipinski definition) is 4. The van der Waals surface area contributed by atoms with E-state index in [0.29, 0.717) is 0 Å². The number of rotatable bonds is 2. The molecule has 1 atom stereocenters. The Balaban J connectivity index is 2.06. The van der Waals surface area contributed by atoms with Gasteiger partial charge in [-0.15, -0.1) is 0 Å². The predicted octanol–water partition coefficient (Wildman–Crippen LogP) is 2.32. The first-order valence-electron chi connectivity index (χ1n) is 7.08. The Bertz CT molecular complexity index is 322. The van der Waals surface area contributed by atoms with Crippen molar-refractivity contribution in [1.29, 1.82) is 0 Å². The summed E-state index contributed by atoms with van der Waals surface area (Å²) >= 11 is 0. The largest absolute Gasteiger partial charge is 0.456 e. The fourth-order valence-electron chi connectivity index (χ4n) is 2.95. The van der Waals surface area contributed by atoms with E-state index < -0.39 is 0 Å². The van der Waals surface area contributed by atoms with Crippen molar-refractivity contribution in [2.24, 2.45) is 0 Å². The predicted molar refractivity (Wildman–Crippen MR) is 70.7 cm³/mol. The fourth-order valence-corrected chi connectivity index (χ4v) is 2.95. The van der Waals surface area contributed by atoms with E-state index in [0.717, 1.165) is 32.5 Å². The van der Waals surface area contributed by atoms with E-state index >= 15 is 0 Å². The molecule has 0 spiro atoms. The van der Waals surface area contributed by atoms with Crippen molar-refractivity contribution >= 4 is 5.97 Å². The molecule has 2 rings (SSSR count). The number of hydrazine groups is 1. The lowest BCUT2D eigenvalue weighted by Gasteiger charge is -2.44. The minimum Gasteiger partial charge on any atom is -0.456 e. The summed E-state index contributed by atoms with van der Waals surface area (Å²) in [6, 6.07) is 0. The van der Waals surface area contributed by atoms with Gasteiger partial charge in [0, 0.05) is 26.6 Å². The first kappa shape index (κ1) is 13.4. The summed E-state index contributed by atoms with van der Waals surface area (Å²) in [4.78, 5) is 11.2. The van der Waals surface area contributed by atoms with Gasteiger partial charge in [0.2, 0.25) is 0 Å². The van der Waals surface area contributed by atoms with E-state index in [1.165, 1.54) is 31.9 Å².